The molecule has 0 unspecified atom stereocenters. The number of hydrogen-bond acceptors (Lipinski definition) is 3. The lowest BCUT2D eigenvalue weighted by Crippen LogP contribution is -2.40. The maximum absolute atomic E-state index is 13.0. The lowest BCUT2D eigenvalue weighted by atomic mass is 9.74. The number of aliphatic hydroxyl groups excluding tert-OH is 1. The van der Waals surface area contributed by atoms with Gasteiger partial charge in [-0.1, -0.05) is 75.4 Å². The van der Waals surface area contributed by atoms with Gasteiger partial charge in [-0.15, -0.1) is 0 Å². The molecule has 3 rings (SSSR count). The number of carbonyl (C=O) groups is 1. The summed E-state index contributed by atoms with van der Waals surface area (Å²) in [6, 6.07) is 9.90. The van der Waals surface area contributed by atoms with Crippen molar-refractivity contribution in [3.05, 3.63) is 60.2 Å². The van der Waals surface area contributed by atoms with E-state index >= 15 is 0 Å². The summed E-state index contributed by atoms with van der Waals surface area (Å²) >= 11 is 0. The predicted molar refractivity (Wildman–Crippen MR) is 98.9 cm³/mol. The fraction of sp³-hybridized carbons (Fsp3) is 0.500. The van der Waals surface area contributed by atoms with Crippen LogP contribution in [0.3, 0.4) is 0 Å². The minimum Gasteiger partial charge on any atom is -0.391 e. The number of carbonyl (C=O) groups excluding carboxylic acids is 1. The average Bonchev–Trinajstić information content (AvgIpc) is 2.83. The molecule has 1 aromatic rings. The first kappa shape index (κ1) is 18.1. The van der Waals surface area contributed by atoms with Gasteiger partial charge in [0, 0.05) is 11.3 Å². The lowest BCUT2D eigenvalue weighted by molar-refractivity contribution is -0.138. The van der Waals surface area contributed by atoms with Crippen molar-refractivity contribution in [2.24, 2.45) is 16.7 Å². The minimum absolute atomic E-state index is 0.0297. The van der Waals surface area contributed by atoms with E-state index in [1.165, 1.54) is 0 Å². The molecule has 3 atom stereocenters. The molecule has 1 N–H and O–H groups in total. The van der Waals surface area contributed by atoms with Gasteiger partial charge in [0.2, 0.25) is 0 Å². The van der Waals surface area contributed by atoms with Crippen molar-refractivity contribution in [1.29, 1.82) is 0 Å². The predicted octanol–water partition coefficient (Wildman–Crippen LogP) is 4.07. The summed E-state index contributed by atoms with van der Waals surface area (Å²) in [7, 11) is 0. The SMILES string of the molecule is CC1([C@H](O)[C@@H]2CC(C)(C)[C@H](OCc3ccccc3)C2=O)C=CCC=C1. The van der Waals surface area contributed by atoms with Crippen LogP contribution in [0.25, 0.3) is 0 Å². The maximum atomic E-state index is 13.0. The Morgan fingerprint density at radius 2 is 1.80 bits per heavy atom. The first-order valence-electron chi connectivity index (χ1n) is 9.06. The van der Waals surface area contributed by atoms with Gasteiger partial charge in [0.15, 0.2) is 5.78 Å². The molecule has 0 radical (unpaired) electrons. The Hall–Kier alpha value is -1.71. The van der Waals surface area contributed by atoms with Crippen LogP contribution in [0.2, 0.25) is 0 Å². The zero-order valence-electron chi connectivity index (χ0n) is 15.3. The highest BCUT2D eigenvalue weighted by atomic mass is 16.5. The van der Waals surface area contributed by atoms with Gasteiger partial charge in [-0.2, -0.15) is 0 Å². The van der Waals surface area contributed by atoms with E-state index in [1.54, 1.807) is 0 Å². The molecule has 1 saturated carbocycles. The van der Waals surface area contributed by atoms with E-state index in [1.807, 2.05) is 49.4 Å². The molecule has 0 heterocycles. The monoisotopic (exact) mass is 340 g/mol. The molecule has 0 spiro atoms. The van der Waals surface area contributed by atoms with E-state index in [0.29, 0.717) is 13.0 Å². The van der Waals surface area contributed by atoms with Crippen molar-refractivity contribution >= 4 is 5.78 Å². The van der Waals surface area contributed by atoms with Crippen LogP contribution in [0, 0.1) is 16.7 Å². The fourth-order valence-electron chi connectivity index (χ4n) is 4.09. The summed E-state index contributed by atoms with van der Waals surface area (Å²) in [6.07, 6.45) is 8.48. The Morgan fingerprint density at radius 1 is 1.16 bits per heavy atom. The Balaban J connectivity index is 1.73. The first-order valence-corrected chi connectivity index (χ1v) is 9.06. The Kier molecular flexibility index (Phi) is 4.99. The topological polar surface area (TPSA) is 46.5 Å². The molecule has 2 aliphatic carbocycles. The molecule has 0 aliphatic heterocycles. The van der Waals surface area contributed by atoms with E-state index in [2.05, 4.69) is 26.0 Å². The number of allylic oxidation sites excluding steroid dienone is 2. The van der Waals surface area contributed by atoms with Gasteiger partial charge in [0.25, 0.3) is 0 Å². The van der Waals surface area contributed by atoms with E-state index in [-0.39, 0.29) is 11.2 Å². The Morgan fingerprint density at radius 3 is 2.44 bits per heavy atom. The summed E-state index contributed by atoms with van der Waals surface area (Å²) in [4.78, 5) is 13.0. The number of rotatable bonds is 5. The van der Waals surface area contributed by atoms with Crippen LogP contribution in [-0.4, -0.2) is 23.1 Å². The van der Waals surface area contributed by atoms with Crippen LogP contribution in [-0.2, 0) is 16.1 Å². The number of Topliss-reactive ketones (excluding diaryl/α,β-unsaturated/α-hetero) is 1. The minimum atomic E-state index is -0.725. The van der Waals surface area contributed by atoms with Crippen molar-refractivity contribution in [2.75, 3.05) is 0 Å². The van der Waals surface area contributed by atoms with Crippen molar-refractivity contribution in [3.8, 4) is 0 Å². The van der Waals surface area contributed by atoms with Gasteiger partial charge in [-0.25, -0.2) is 0 Å². The summed E-state index contributed by atoms with van der Waals surface area (Å²) in [6.45, 7) is 6.52. The first-order chi connectivity index (χ1) is 11.8. The molecule has 2 aliphatic rings. The third kappa shape index (κ3) is 3.63. The van der Waals surface area contributed by atoms with Crippen molar-refractivity contribution in [1.82, 2.24) is 0 Å². The smallest absolute Gasteiger partial charge is 0.167 e. The van der Waals surface area contributed by atoms with E-state index in [0.717, 1.165) is 12.0 Å². The van der Waals surface area contributed by atoms with Crippen molar-refractivity contribution in [3.63, 3.8) is 0 Å². The van der Waals surface area contributed by atoms with Crippen LogP contribution in [0.4, 0.5) is 0 Å². The molecular weight excluding hydrogens is 312 g/mol. The molecule has 3 nitrogen and oxygen atoms in total. The lowest BCUT2D eigenvalue weighted by Gasteiger charge is -2.33. The second kappa shape index (κ2) is 6.89. The summed E-state index contributed by atoms with van der Waals surface area (Å²) in [5.41, 5.74) is 0.291. The van der Waals surface area contributed by atoms with Crippen LogP contribution in [0.1, 0.15) is 39.2 Å². The third-order valence-electron chi connectivity index (χ3n) is 5.58. The van der Waals surface area contributed by atoms with Gasteiger partial charge in [0.1, 0.15) is 6.10 Å². The Bertz CT molecular complexity index is 660. The molecule has 3 heteroatoms. The number of aliphatic hydroxyl groups is 1. The summed E-state index contributed by atoms with van der Waals surface area (Å²) in [5, 5.41) is 11.0. The number of ether oxygens (including phenoxy) is 1. The largest absolute Gasteiger partial charge is 0.391 e. The average molecular weight is 340 g/mol. The molecule has 0 bridgehead atoms. The van der Waals surface area contributed by atoms with Crippen molar-refractivity contribution < 1.29 is 14.6 Å². The standard InChI is InChI=1S/C22H28O3/c1-21(2)14-17(19(24)22(3)12-8-5-9-13-22)18(23)20(21)25-15-16-10-6-4-7-11-16/h4,6-13,17,19-20,24H,5,14-15H2,1-3H3/t17-,19-,20-/m1/s1. The van der Waals surface area contributed by atoms with Crippen LogP contribution in [0.15, 0.2) is 54.6 Å². The van der Waals surface area contributed by atoms with Gasteiger partial charge in [-0.05, 0) is 23.8 Å². The van der Waals surface area contributed by atoms with Gasteiger partial charge in [0.05, 0.1) is 12.7 Å². The molecule has 1 aromatic carbocycles. The molecule has 0 saturated heterocycles. The fourth-order valence-corrected chi connectivity index (χ4v) is 4.09. The highest BCUT2D eigenvalue weighted by Crippen LogP contribution is 2.46. The van der Waals surface area contributed by atoms with Crippen LogP contribution < -0.4 is 0 Å². The zero-order valence-corrected chi connectivity index (χ0v) is 15.3. The molecule has 0 amide bonds. The van der Waals surface area contributed by atoms with E-state index in [4.69, 9.17) is 4.74 Å². The molecule has 25 heavy (non-hydrogen) atoms. The normalized spacial score (nSPS) is 28.2. The van der Waals surface area contributed by atoms with Gasteiger partial charge < -0.3 is 9.84 Å². The van der Waals surface area contributed by atoms with Gasteiger partial charge in [-0.3, -0.25) is 4.79 Å². The Labute approximate surface area is 150 Å². The van der Waals surface area contributed by atoms with Crippen LogP contribution >= 0.6 is 0 Å². The van der Waals surface area contributed by atoms with Gasteiger partial charge >= 0.3 is 0 Å². The highest BCUT2D eigenvalue weighted by Gasteiger charge is 2.53. The van der Waals surface area contributed by atoms with E-state index in [9.17, 15) is 9.90 Å². The molecule has 0 aromatic heterocycles. The van der Waals surface area contributed by atoms with Crippen LogP contribution in [0.5, 0.6) is 0 Å². The maximum Gasteiger partial charge on any atom is 0.167 e. The number of hydrogen-bond donors (Lipinski definition) is 1. The van der Waals surface area contributed by atoms with E-state index < -0.39 is 23.5 Å². The zero-order chi connectivity index (χ0) is 18.1. The highest BCUT2D eigenvalue weighted by molar-refractivity contribution is 5.89. The molecular formula is C22H28O3. The molecule has 134 valence electrons. The number of ketones is 1. The quantitative estimate of drug-likeness (QED) is 0.822. The summed E-state index contributed by atoms with van der Waals surface area (Å²) in [5.74, 6) is -0.366. The second-order valence-electron chi connectivity index (χ2n) is 8.23. The third-order valence-corrected chi connectivity index (χ3v) is 5.58. The second-order valence-corrected chi connectivity index (χ2v) is 8.23. The summed E-state index contributed by atoms with van der Waals surface area (Å²) < 4.78 is 6.02. The van der Waals surface area contributed by atoms with Crippen molar-refractivity contribution in [2.45, 2.75) is 52.4 Å². The molecule has 1 fully saturated rings. The number of benzene rings is 1.